The zero-order valence-electron chi connectivity index (χ0n) is 14.1. The number of nitrogens with zero attached hydrogens (tertiary/aromatic N) is 3. The number of benzene rings is 1. The van der Waals surface area contributed by atoms with Crippen molar-refractivity contribution in [1.29, 1.82) is 0 Å². The van der Waals surface area contributed by atoms with E-state index in [0.29, 0.717) is 19.3 Å². The molecular weight excluding hydrogens is 304 g/mol. The van der Waals surface area contributed by atoms with Crippen molar-refractivity contribution in [2.75, 3.05) is 33.4 Å². The standard InChI is InChI=1S/C18H24N4O2/c1-14-5-3-4-6-16(14)17-13-19-21-18(20-17)22-9-7-15(8-10-22)24-12-11-23-2/h3-6,13,15H,1,7-12H2,2H3,(H,20,21). The summed E-state index contributed by atoms with van der Waals surface area (Å²) in [7, 11) is 1.69. The molecule has 0 aromatic heterocycles. The third-order valence-electron chi connectivity index (χ3n) is 4.25. The second kappa shape index (κ2) is 8.08. The third kappa shape index (κ3) is 4.01. The molecule has 128 valence electrons. The van der Waals surface area contributed by atoms with Gasteiger partial charge in [-0.3, -0.25) is 0 Å². The van der Waals surface area contributed by atoms with E-state index in [0.717, 1.165) is 48.0 Å². The van der Waals surface area contributed by atoms with Crippen molar-refractivity contribution in [3.05, 3.63) is 34.7 Å². The second-order valence-corrected chi connectivity index (χ2v) is 5.90. The molecule has 2 heterocycles. The Morgan fingerprint density at radius 3 is 2.79 bits per heavy atom. The lowest BCUT2D eigenvalue weighted by Gasteiger charge is -2.34. The molecule has 1 fully saturated rings. The fourth-order valence-corrected chi connectivity index (χ4v) is 2.89. The number of hydrogen-bond acceptors (Lipinski definition) is 6. The summed E-state index contributed by atoms with van der Waals surface area (Å²) in [5, 5.41) is 6.22. The zero-order valence-corrected chi connectivity index (χ0v) is 14.1. The van der Waals surface area contributed by atoms with Gasteiger partial charge in [-0.25, -0.2) is 10.4 Å². The van der Waals surface area contributed by atoms with Crippen LogP contribution in [0.25, 0.3) is 12.3 Å². The van der Waals surface area contributed by atoms with Crippen LogP contribution < -0.4 is 15.9 Å². The van der Waals surface area contributed by atoms with Gasteiger partial charge in [-0.1, -0.05) is 30.8 Å². The average molecular weight is 328 g/mol. The Morgan fingerprint density at radius 1 is 1.25 bits per heavy atom. The summed E-state index contributed by atoms with van der Waals surface area (Å²) in [5.74, 6) is 0.797. The Morgan fingerprint density at radius 2 is 2.04 bits per heavy atom. The molecule has 0 amide bonds. The number of nitrogens with one attached hydrogen (secondary N) is 1. The summed E-state index contributed by atoms with van der Waals surface area (Å²) in [4.78, 5) is 6.96. The van der Waals surface area contributed by atoms with Crippen LogP contribution in [0.5, 0.6) is 0 Å². The first-order valence-corrected chi connectivity index (χ1v) is 8.29. The predicted octanol–water partition coefficient (Wildman–Crippen LogP) is 0.278. The molecule has 1 aromatic rings. The summed E-state index contributed by atoms with van der Waals surface area (Å²) in [6.07, 6.45) is 4.01. The lowest BCUT2D eigenvalue weighted by Crippen LogP contribution is -2.47. The number of methoxy groups -OCH3 is 1. The Bertz CT molecular complexity index is 721. The fourth-order valence-electron chi connectivity index (χ4n) is 2.89. The molecule has 6 nitrogen and oxygen atoms in total. The first kappa shape index (κ1) is 16.7. The third-order valence-corrected chi connectivity index (χ3v) is 4.25. The lowest BCUT2D eigenvalue weighted by molar-refractivity contribution is -0.00672. The molecule has 0 spiro atoms. The van der Waals surface area contributed by atoms with E-state index in [1.807, 2.05) is 24.3 Å². The molecule has 24 heavy (non-hydrogen) atoms. The summed E-state index contributed by atoms with van der Waals surface area (Å²) >= 11 is 0. The highest BCUT2D eigenvalue weighted by Crippen LogP contribution is 2.15. The Kier molecular flexibility index (Phi) is 5.61. The van der Waals surface area contributed by atoms with Gasteiger partial charge < -0.3 is 14.4 Å². The smallest absolute Gasteiger partial charge is 0.220 e. The molecule has 0 radical (unpaired) electrons. The SMILES string of the molecule is C=c1ccccc1=C1C=NNC(N2CCC(OCCOC)CC2)=N1. The molecule has 0 atom stereocenters. The minimum atomic E-state index is 0.299. The van der Waals surface area contributed by atoms with Crippen LogP contribution in [0.4, 0.5) is 0 Å². The van der Waals surface area contributed by atoms with Crippen LogP contribution in [0, 0.1) is 0 Å². The van der Waals surface area contributed by atoms with Gasteiger partial charge in [-0.2, -0.15) is 5.10 Å². The van der Waals surface area contributed by atoms with Gasteiger partial charge in [-0.15, -0.1) is 0 Å². The van der Waals surface area contributed by atoms with E-state index in [4.69, 9.17) is 14.5 Å². The molecule has 0 bridgehead atoms. The minimum Gasteiger partial charge on any atom is -0.382 e. The Labute approximate surface area is 142 Å². The molecule has 2 aliphatic rings. The predicted molar refractivity (Wildman–Crippen MR) is 96.1 cm³/mol. The van der Waals surface area contributed by atoms with Crippen LogP contribution in [-0.2, 0) is 9.47 Å². The molecule has 0 aliphatic carbocycles. The molecule has 1 saturated heterocycles. The number of rotatable bonds is 4. The molecule has 6 heteroatoms. The van der Waals surface area contributed by atoms with E-state index in [1.54, 1.807) is 13.3 Å². The van der Waals surface area contributed by atoms with Crippen molar-refractivity contribution in [3.8, 4) is 0 Å². The fraction of sp³-hybridized carbons (Fsp3) is 0.444. The molecule has 3 rings (SSSR count). The van der Waals surface area contributed by atoms with E-state index >= 15 is 0 Å². The van der Waals surface area contributed by atoms with Crippen LogP contribution in [0.1, 0.15) is 12.8 Å². The van der Waals surface area contributed by atoms with Gasteiger partial charge in [0.25, 0.3) is 0 Å². The number of hydrogen-bond donors (Lipinski definition) is 1. The van der Waals surface area contributed by atoms with E-state index in [-0.39, 0.29) is 0 Å². The first-order chi connectivity index (χ1) is 11.8. The largest absolute Gasteiger partial charge is 0.382 e. The van der Waals surface area contributed by atoms with Crippen LogP contribution in [0.2, 0.25) is 0 Å². The van der Waals surface area contributed by atoms with Gasteiger partial charge in [0.15, 0.2) is 0 Å². The first-order valence-electron chi connectivity index (χ1n) is 8.29. The Hall–Kier alpha value is -2.18. The highest BCUT2D eigenvalue weighted by molar-refractivity contribution is 6.07. The van der Waals surface area contributed by atoms with E-state index in [2.05, 4.69) is 22.0 Å². The number of piperidine rings is 1. The summed E-state index contributed by atoms with van der Waals surface area (Å²) in [5.41, 5.74) is 3.86. The molecule has 1 aromatic carbocycles. The lowest BCUT2D eigenvalue weighted by atomic mass is 10.1. The minimum absolute atomic E-state index is 0.299. The van der Waals surface area contributed by atoms with Crippen molar-refractivity contribution in [2.24, 2.45) is 10.1 Å². The van der Waals surface area contributed by atoms with Crippen molar-refractivity contribution in [2.45, 2.75) is 18.9 Å². The maximum absolute atomic E-state index is 5.81. The quantitative estimate of drug-likeness (QED) is 0.807. The van der Waals surface area contributed by atoms with Crippen LogP contribution in [0.3, 0.4) is 0 Å². The van der Waals surface area contributed by atoms with Crippen LogP contribution >= 0.6 is 0 Å². The van der Waals surface area contributed by atoms with Crippen molar-refractivity contribution >= 4 is 24.5 Å². The van der Waals surface area contributed by atoms with Crippen LogP contribution in [-0.4, -0.2) is 56.6 Å². The molecule has 2 aliphatic heterocycles. The van der Waals surface area contributed by atoms with Crippen LogP contribution in [0.15, 0.2) is 34.4 Å². The molecule has 0 unspecified atom stereocenters. The summed E-state index contributed by atoms with van der Waals surface area (Å²) in [6, 6.07) is 7.97. The van der Waals surface area contributed by atoms with E-state index in [9.17, 15) is 0 Å². The molecular formula is C18H24N4O2. The number of guanidine groups is 1. The monoisotopic (exact) mass is 328 g/mol. The molecule has 1 N–H and O–H groups in total. The number of likely N-dealkylation sites (tertiary alicyclic amines) is 1. The summed E-state index contributed by atoms with van der Waals surface area (Å²) in [6.45, 7) is 7.17. The number of hydrazone groups is 1. The maximum Gasteiger partial charge on any atom is 0.220 e. The number of aliphatic imine (C=N–C) groups is 1. The van der Waals surface area contributed by atoms with E-state index < -0.39 is 0 Å². The normalized spacial score (nSPS) is 20.7. The van der Waals surface area contributed by atoms with Gasteiger partial charge in [0.2, 0.25) is 5.96 Å². The van der Waals surface area contributed by atoms with Crippen molar-refractivity contribution in [1.82, 2.24) is 10.3 Å². The van der Waals surface area contributed by atoms with Gasteiger partial charge in [0.1, 0.15) is 0 Å². The van der Waals surface area contributed by atoms with Gasteiger partial charge >= 0.3 is 0 Å². The average Bonchev–Trinajstić information content (AvgIpc) is 2.63. The summed E-state index contributed by atoms with van der Waals surface area (Å²) < 4.78 is 10.8. The van der Waals surface area contributed by atoms with Gasteiger partial charge in [-0.05, 0) is 18.1 Å². The zero-order chi connectivity index (χ0) is 16.8. The van der Waals surface area contributed by atoms with Gasteiger partial charge in [0.05, 0.1) is 31.2 Å². The number of ether oxygens (including phenoxy) is 2. The van der Waals surface area contributed by atoms with Crippen molar-refractivity contribution in [3.63, 3.8) is 0 Å². The van der Waals surface area contributed by atoms with E-state index in [1.165, 1.54) is 0 Å². The Balaban J connectivity index is 1.67. The molecule has 0 saturated carbocycles. The second-order valence-electron chi connectivity index (χ2n) is 5.90. The van der Waals surface area contributed by atoms with Gasteiger partial charge in [0, 0.05) is 25.4 Å². The van der Waals surface area contributed by atoms with Crippen molar-refractivity contribution < 1.29 is 9.47 Å². The highest BCUT2D eigenvalue weighted by Gasteiger charge is 2.23. The topological polar surface area (TPSA) is 58.5 Å². The maximum atomic E-state index is 5.81. The highest BCUT2D eigenvalue weighted by atomic mass is 16.5.